The van der Waals surface area contributed by atoms with Gasteiger partial charge in [-0.25, -0.2) is 9.97 Å². The Bertz CT molecular complexity index is 729. The van der Waals surface area contributed by atoms with Crippen LogP contribution in [0.5, 0.6) is 0 Å². The van der Waals surface area contributed by atoms with Crippen LogP contribution in [0.1, 0.15) is 18.9 Å². The summed E-state index contributed by atoms with van der Waals surface area (Å²) in [4.78, 5) is 10.9. The van der Waals surface area contributed by atoms with Crippen LogP contribution in [0.2, 0.25) is 0 Å². The summed E-state index contributed by atoms with van der Waals surface area (Å²) in [6.07, 6.45) is 3.83. The number of aliphatic hydroxyl groups excluding tert-OH is 2. The summed E-state index contributed by atoms with van der Waals surface area (Å²) in [6, 6.07) is 1.79. The predicted molar refractivity (Wildman–Crippen MR) is 95.3 cm³/mol. The number of fused-ring (bicyclic) bond motifs is 1. The van der Waals surface area contributed by atoms with E-state index >= 15 is 0 Å². The molecule has 0 radical (unpaired) electrons. The van der Waals surface area contributed by atoms with Crippen molar-refractivity contribution < 1.29 is 10.2 Å². The van der Waals surface area contributed by atoms with Gasteiger partial charge < -0.3 is 25.4 Å². The van der Waals surface area contributed by atoms with Crippen LogP contribution in [0, 0.1) is 5.92 Å². The first-order valence-corrected chi connectivity index (χ1v) is 8.97. The van der Waals surface area contributed by atoms with Crippen LogP contribution in [0.15, 0.2) is 18.6 Å². The second kappa shape index (κ2) is 6.87. The molecule has 25 heavy (non-hydrogen) atoms. The Morgan fingerprint density at radius 3 is 2.96 bits per heavy atom. The molecule has 4 atom stereocenters. The Morgan fingerprint density at radius 1 is 1.32 bits per heavy atom. The summed E-state index contributed by atoms with van der Waals surface area (Å²) in [7, 11) is 1.83. The number of aromatic nitrogens is 3. The van der Waals surface area contributed by atoms with Gasteiger partial charge >= 0.3 is 0 Å². The molecule has 0 spiro atoms. The lowest BCUT2D eigenvalue weighted by atomic mass is 10.0. The number of hydrogen-bond donors (Lipinski definition) is 4. The van der Waals surface area contributed by atoms with E-state index in [1.165, 1.54) is 6.33 Å². The lowest BCUT2D eigenvalue weighted by Crippen LogP contribution is -2.45. The third kappa shape index (κ3) is 2.99. The Kier molecular flexibility index (Phi) is 4.60. The van der Waals surface area contributed by atoms with E-state index in [1.54, 1.807) is 0 Å². The fraction of sp³-hybridized carbons (Fsp3) is 0.647. The molecule has 8 heteroatoms. The van der Waals surface area contributed by atoms with Crippen LogP contribution < -0.4 is 10.6 Å². The molecule has 1 saturated heterocycles. The van der Waals surface area contributed by atoms with E-state index in [0.717, 1.165) is 56.0 Å². The minimum Gasteiger partial charge on any atom is -0.390 e. The SMILES string of the molecule is CNc1ncnc2c1ccn2[C@@H]1CC(CN2CCCNC2)[C@@H](O)[C@H]1O. The van der Waals surface area contributed by atoms with E-state index in [9.17, 15) is 10.2 Å². The Morgan fingerprint density at radius 2 is 2.20 bits per heavy atom. The minimum atomic E-state index is -0.786. The van der Waals surface area contributed by atoms with Gasteiger partial charge in [-0.15, -0.1) is 0 Å². The van der Waals surface area contributed by atoms with Gasteiger partial charge in [0.05, 0.1) is 17.5 Å². The molecule has 1 unspecified atom stereocenters. The monoisotopic (exact) mass is 346 g/mol. The number of nitrogens with zero attached hydrogens (tertiary/aromatic N) is 4. The Hall–Kier alpha value is -1.74. The average molecular weight is 346 g/mol. The summed E-state index contributed by atoms with van der Waals surface area (Å²) >= 11 is 0. The van der Waals surface area contributed by atoms with E-state index in [0.29, 0.717) is 0 Å². The number of aliphatic hydroxyl groups is 2. The van der Waals surface area contributed by atoms with Crippen molar-refractivity contribution in [1.29, 1.82) is 0 Å². The molecular formula is C17H26N6O2. The standard InChI is InChI=1S/C17H26N6O2/c1-18-16-12-3-6-23(17(12)21-9-20-16)13-7-11(14(24)15(13)25)8-22-5-2-4-19-10-22/h3,6,9,11,13-15,19,24-25H,2,4-5,7-8,10H2,1H3,(H,18,20,21)/t11?,13-,14-,15+/m1/s1. The second-order valence-electron chi connectivity index (χ2n) is 7.07. The molecule has 1 aliphatic carbocycles. The van der Waals surface area contributed by atoms with Crippen LogP contribution in [-0.2, 0) is 0 Å². The van der Waals surface area contributed by atoms with Gasteiger partial charge in [-0.05, 0) is 25.5 Å². The van der Waals surface area contributed by atoms with Crippen molar-refractivity contribution in [2.24, 2.45) is 5.92 Å². The highest BCUT2D eigenvalue weighted by atomic mass is 16.3. The van der Waals surface area contributed by atoms with E-state index in [4.69, 9.17) is 0 Å². The third-order valence-electron chi connectivity index (χ3n) is 5.53. The topological polar surface area (TPSA) is 98.5 Å². The smallest absolute Gasteiger partial charge is 0.145 e. The van der Waals surface area contributed by atoms with Gasteiger partial charge in [0, 0.05) is 38.9 Å². The molecule has 2 aliphatic rings. The zero-order valence-corrected chi connectivity index (χ0v) is 14.5. The van der Waals surface area contributed by atoms with Crippen molar-refractivity contribution in [3.05, 3.63) is 18.6 Å². The zero-order valence-electron chi connectivity index (χ0n) is 14.5. The van der Waals surface area contributed by atoms with Gasteiger partial charge in [-0.2, -0.15) is 0 Å². The normalized spacial score (nSPS) is 30.8. The molecule has 1 aliphatic heterocycles. The predicted octanol–water partition coefficient (Wildman–Crippen LogP) is 0.00860. The molecule has 1 saturated carbocycles. The highest BCUT2D eigenvalue weighted by Crippen LogP contribution is 2.38. The first-order chi connectivity index (χ1) is 12.2. The lowest BCUT2D eigenvalue weighted by molar-refractivity contribution is -0.00113. The summed E-state index contributed by atoms with van der Waals surface area (Å²) in [5, 5.41) is 28.6. The molecule has 4 N–H and O–H groups in total. The molecule has 2 aromatic heterocycles. The van der Waals surface area contributed by atoms with E-state index in [2.05, 4.69) is 25.5 Å². The fourth-order valence-electron chi connectivity index (χ4n) is 4.23. The second-order valence-corrected chi connectivity index (χ2v) is 7.07. The van der Waals surface area contributed by atoms with Gasteiger partial charge in [0.1, 0.15) is 23.9 Å². The number of hydrogen-bond acceptors (Lipinski definition) is 7. The zero-order chi connectivity index (χ0) is 17.4. The van der Waals surface area contributed by atoms with Crippen molar-refractivity contribution in [2.75, 3.05) is 38.7 Å². The highest BCUT2D eigenvalue weighted by molar-refractivity contribution is 5.87. The minimum absolute atomic E-state index is 0.0583. The highest BCUT2D eigenvalue weighted by Gasteiger charge is 2.43. The first kappa shape index (κ1) is 16.7. The quantitative estimate of drug-likeness (QED) is 0.619. The van der Waals surface area contributed by atoms with E-state index < -0.39 is 12.2 Å². The molecule has 0 amide bonds. The van der Waals surface area contributed by atoms with Gasteiger partial charge in [-0.3, -0.25) is 4.90 Å². The van der Waals surface area contributed by atoms with E-state index in [1.807, 2.05) is 23.9 Å². The maximum Gasteiger partial charge on any atom is 0.145 e. The van der Waals surface area contributed by atoms with Gasteiger partial charge in [-0.1, -0.05) is 0 Å². The van der Waals surface area contributed by atoms with Crippen LogP contribution in [0.25, 0.3) is 11.0 Å². The largest absolute Gasteiger partial charge is 0.390 e. The van der Waals surface area contributed by atoms with Crippen molar-refractivity contribution in [3.63, 3.8) is 0 Å². The lowest BCUT2D eigenvalue weighted by Gasteiger charge is -2.30. The molecule has 2 aromatic rings. The molecule has 0 aromatic carbocycles. The maximum atomic E-state index is 10.7. The molecule has 136 valence electrons. The van der Waals surface area contributed by atoms with Crippen molar-refractivity contribution in [2.45, 2.75) is 31.1 Å². The van der Waals surface area contributed by atoms with E-state index in [-0.39, 0.29) is 12.0 Å². The Balaban J connectivity index is 1.56. The van der Waals surface area contributed by atoms with Crippen molar-refractivity contribution >= 4 is 16.9 Å². The van der Waals surface area contributed by atoms with Crippen LogP contribution in [-0.4, -0.2) is 75.2 Å². The maximum absolute atomic E-state index is 10.7. The number of nitrogens with one attached hydrogen (secondary N) is 2. The van der Waals surface area contributed by atoms with Gasteiger partial charge in [0.25, 0.3) is 0 Å². The summed E-state index contributed by atoms with van der Waals surface area (Å²) in [6.45, 7) is 3.76. The van der Waals surface area contributed by atoms with Crippen molar-refractivity contribution in [3.8, 4) is 0 Å². The van der Waals surface area contributed by atoms with Crippen LogP contribution in [0.4, 0.5) is 5.82 Å². The fourth-order valence-corrected chi connectivity index (χ4v) is 4.23. The molecule has 2 fully saturated rings. The molecule has 4 rings (SSSR count). The summed E-state index contributed by atoms with van der Waals surface area (Å²) in [5.74, 6) is 0.829. The van der Waals surface area contributed by atoms with Gasteiger partial charge in [0.15, 0.2) is 0 Å². The third-order valence-corrected chi connectivity index (χ3v) is 5.53. The van der Waals surface area contributed by atoms with Crippen molar-refractivity contribution in [1.82, 2.24) is 24.8 Å². The average Bonchev–Trinajstić information content (AvgIpc) is 3.19. The van der Waals surface area contributed by atoms with Gasteiger partial charge in [0.2, 0.25) is 0 Å². The molecule has 0 bridgehead atoms. The number of anilines is 1. The Labute approximate surface area is 146 Å². The summed E-state index contributed by atoms with van der Waals surface area (Å²) in [5.41, 5.74) is 0.788. The van der Waals surface area contributed by atoms with Crippen LogP contribution in [0.3, 0.4) is 0 Å². The summed E-state index contributed by atoms with van der Waals surface area (Å²) < 4.78 is 1.99. The molecule has 8 nitrogen and oxygen atoms in total. The van der Waals surface area contributed by atoms with Crippen LogP contribution >= 0.6 is 0 Å². The first-order valence-electron chi connectivity index (χ1n) is 8.97. The molecular weight excluding hydrogens is 320 g/mol. The number of rotatable bonds is 4. The molecule has 3 heterocycles.